The second-order valence-electron chi connectivity index (χ2n) is 8.60. The zero-order valence-corrected chi connectivity index (χ0v) is 20.1. The predicted octanol–water partition coefficient (Wildman–Crippen LogP) is 6.71. The van der Waals surface area contributed by atoms with Gasteiger partial charge in [-0.05, 0) is 44.0 Å². The molecule has 0 bridgehead atoms. The summed E-state index contributed by atoms with van der Waals surface area (Å²) >= 11 is 0. The van der Waals surface area contributed by atoms with E-state index in [-0.39, 0.29) is 6.42 Å². The van der Waals surface area contributed by atoms with Gasteiger partial charge in [0.05, 0.1) is 23.7 Å². The molecule has 2 aromatic heterocycles. The maximum atomic E-state index is 10.7. The molecule has 0 amide bonds. The van der Waals surface area contributed by atoms with Crippen molar-refractivity contribution in [2.45, 2.75) is 45.4 Å². The average Bonchev–Trinajstić information content (AvgIpc) is 3.26. The number of carboxylic acids is 1. The zero-order valence-electron chi connectivity index (χ0n) is 20.1. The molecule has 4 rings (SSSR count). The monoisotopic (exact) mass is 469 g/mol. The lowest BCUT2D eigenvalue weighted by Gasteiger charge is -2.14. The number of ether oxygens (including phenoxy) is 1. The molecule has 0 unspecified atom stereocenters. The van der Waals surface area contributed by atoms with Crippen LogP contribution in [0.4, 0.5) is 0 Å². The average molecular weight is 470 g/mol. The van der Waals surface area contributed by atoms with Crippen LogP contribution in [0.15, 0.2) is 79.0 Å². The number of imidazole rings is 1. The highest BCUT2D eigenvalue weighted by atomic mass is 16.5. The molecule has 180 valence electrons. The summed E-state index contributed by atoms with van der Waals surface area (Å²) in [5.74, 6) is -0.728. The highest BCUT2D eigenvalue weighted by molar-refractivity contribution is 5.79. The summed E-state index contributed by atoms with van der Waals surface area (Å²) in [6.07, 6.45) is 6.53. The van der Waals surface area contributed by atoms with Gasteiger partial charge in [-0.15, -0.1) is 0 Å². The van der Waals surface area contributed by atoms with Crippen molar-refractivity contribution in [2.24, 2.45) is 0 Å². The number of carbonyl (C=O) groups is 1. The van der Waals surface area contributed by atoms with E-state index in [2.05, 4.69) is 52.9 Å². The molecule has 0 radical (unpaired) electrons. The molecular weight excluding hydrogens is 438 g/mol. The lowest BCUT2D eigenvalue weighted by atomic mass is 10.1. The van der Waals surface area contributed by atoms with Gasteiger partial charge in [-0.3, -0.25) is 14.3 Å². The van der Waals surface area contributed by atoms with Gasteiger partial charge in [0.1, 0.15) is 5.69 Å². The predicted molar refractivity (Wildman–Crippen MR) is 138 cm³/mol. The second-order valence-corrected chi connectivity index (χ2v) is 8.60. The molecule has 0 saturated carbocycles. The van der Waals surface area contributed by atoms with Crippen molar-refractivity contribution in [1.29, 1.82) is 0 Å². The van der Waals surface area contributed by atoms with Gasteiger partial charge in [0.15, 0.2) is 0 Å². The molecule has 2 aromatic carbocycles. The fourth-order valence-corrected chi connectivity index (χ4v) is 4.05. The fraction of sp³-hybridized carbons (Fsp3) is 0.276. The number of unbranched alkanes of at least 4 members (excludes halogenated alkanes) is 4. The van der Waals surface area contributed by atoms with Gasteiger partial charge < -0.3 is 9.84 Å². The number of nitrogens with zero attached hydrogens (tertiary/aromatic N) is 3. The number of carboxylic acid groups (broad SMARTS) is 1. The first-order valence-electron chi connectivity index (χ1n) is 12.1. The third-order valence-corrected chi connectivity index (χ3v) is 5.86. The van der Waals surface area contributed by atoms with E-state index in [0.29, 0.717) is 12.6 Å². The number of aromatic nitrogens is 3. The largest absolute Gasteiger partial charge is 0.481 e. The Hall–Kier alpha value is -3.93. The van der Waals surface area contributed by atoms with E-state index in [0.717, 1.165) is 60.4 Å². The van der Waals surface area contributed by atoms with Crippen LogP contribution in [-0.4, -0.2) is 32.2 Å². The van der Waals surface area contributed by atoms with Gasteiger partial charge in [0, 0.05) is 18.2 Å². The Labute approximate surface area is 206 Å². The van der Waals surface area contributed by atoms with Gasteiger partial charge in [0.25, 0.3) is 0 Å². The van der Waals surface area contributed by atoms with E-state index < -0.39 is 5.97 Å². The molecule has 0 aliphatic carbocycles. The van der Waals surface area contributed by atoms with Crippen LogP contribution >= 0.6 is 0 Å². The number of aryl methyl sites for hydroxylation is 1. The number of rotatable bonds is 12. The van der Waals surface area contributed by atoms with E-state index in [1.54, 1.807) is 6.20 Å². The van der Waals surface area contributed by atoms with E-state index in [1.807, 2.05) is 36.4 Å². The number of hydrogen-bond acceptors (Lipinski definition) is 4. The summed E-state index contributed by atoms with van der Waals surface area (Å²) in [4.78, 5) is 20.2. The number of aliphatic carboxylic acids is 1. The molecule has 0 saturated heterocycles. The third-order valence-electron chi connectivity index (χ3n) is 5.86. The van der Waals surface area contributed by atoms with Crippen molar-refractivity contribution in [3.05, 3.63) is 84.6 Å². The van der Waals surface area contributed by atoms with Crippen molar-refractivity contribution < 1.29 is 14.6 Å². The normalized spacial score (nSPS) is 10.9. The maximum absolute atomic E-state index is 10.7. The van der Waals surface area contributed by atoms with Gasteiger partial charge >= 0.3 is 12.0 Å². The summed E-state index contributed by atoms with van der Waals surface area (Å²) in [6, 6.07) is 24.9. The Morgan fingerprint density at radius 1 is 0.886 bits per heavy atom. The minimum absolute atomic E-state index is 0.239. The van der Waals surface area contributed by atoms with Gasteiger partial charge in [0.2, 0.25) is 0 Å². The Kier molecular flexibility index (Phi) is 8.28. The zero-order chi connectivity index (χ0) is 24.5. The molecule has 6 heteroatoms. The van der Waals surface area contributed by atoms with Crippen LogP contribution < -0.4 is 4.74 Å². The van der Waals surface area contributed by atoms with Crippen LogP contribution in [0.5, 0.6) is 6.01 Å². The lowest BCUT2D eigenvalue weighted by Crippen LogP contribution is -2.05. The topological polar surface area (TPSA) is 77.2 Å². The van der Waals surface area contributed by atoms with E-state index in [4.69, 9.17) is 14.8 Å². The molecule has 35 heavy (non-hydrogen) atoms. The molecule has 2 heterocycles. The second kappa shape index (κ2) is 12.0. The summed E-state index contributed by atoms with van der Waals surface area (Å²) in [6.45, 7) is 2.61. The van der Waals surface area contributed by atoms with Gasteiger partial charge in [-0.1, -0.05) is 73.4 Å². The van der Waals surface area contributed by atoms with E-state index >= 15 is 0 Å². The summed E-state index contributed by atoms with van der Waals surface area (Å²) in [5.41, 5.74) is 5.71. The minimum Gasteiger partial charge on any atom is -0.481 e. The molecule has 0 atom stereocenters. The lowest BCUT2D eigenvalue weighted by molar-refractivity contribution is -0.137. The van der Waals surface area contributed by atoms with Gasteiger partial charge in [-0.25, -0.2) is 0 Å². The number of pyridine rings is 1. The van der Waals surface area contributed by atoms with Crippen molar-refractivity contribution in [2.75, 3.05) is 6.61 Å². The highest BCUT2D eigenvalue weighted by Crippen LogP contribution is 2.37. The van der Waals surface area contributed by atoms with E-state index in [1.165, 1.54) is 5.56 Å². The first-order chi connectivity index (χ1) is 17.1. The van der Waals surface area contributed by atoms with E-state index in [9.17, 15) is 4.79 Å². The summed E-state index contributed by atoms with van der Waals surface area (Å²) in [5, 5.41) is 8.77. The van der Waals surface area contributed by atoms with Crippen LogP contribution in [0, 0.1) is 6.92 Å². The highest BCUT2D eigenvalue weighted by Gasteiger charge is 2.23. The maximum Gasteiger partial charge on any atom is 0.303 e. The Bertz CT molecular complexity index is 1220. The quantitative estimate of drug-likeness (QED) is 0.233. The van der Waals surface area contributed by atoms with Crippen LogP contribution in [0.1, 0.15) is 44.1 Å². The Morgan fingerprint density at radius 3 is 2.31 bits per heavy atom. The molecule has 0 spiro atoms. The van der Waals surface area contributed by atoms with Crippen LogP contribution in [0.25, 0.3) is 28.3 Å². The molecule has 6 nitrogen and oxygen atoms in total. The molecule has 1 N–H and O–H groups in total. The smallest absolute Gasteiger partial charge is 0.303 e. The van der Waals surface area contributed by atoms with Crippen molar-refractivity contribution in [3.63, 3.8) is 0 Å². The first kappa shape index (κ1) is 24.2. The summed E-state index contributed by atoms with van der Waals surface area (Å²) < 4.78 is 8.34. The SMILES string of the molecule is Cc1ccc(-n2c(OCCCCCCCC(=O)O)nc(-c3ccccn3)c2-c2ccccc2)cc1. The van der Waals surface area contributed by atoms with Crippen LogP contribution in [0.3, 0.4) is 0 Å². The molecule has 0 fully saturated rings. The molecular formula is C29H31N3O3. The molecule has 0 aliphatic rings. The molecule has 0 aliphatic heterocycles. The standard InChI is InChI=1S/C29H31N3O3/c1-22-16-18-24(19-17-22)32-28(23-12-6-5-7-13-23)27(25-14-9-10-20-30-25)31-29(32)35-21-11-4-2-3-8-15-26(33)34/h5-7,9-10,12-14,16-20H,2-4,8,11,15,21H2,1H3,(H,33,34). The Balaban J connectivity index is 1.63. The molecule has 4 aromatic rings. The van der Waals surface area contributed by atoms with Crippen molar-refractivity contribution in [1.82, 2.24) is 14.5 Å². The summed E-state index contributed by atoms with van der Waals surface area (Å²) in [7, 11) is 0. The van der Waals surface area contributed by atoms with Crippen molar-refractivity contribution in [3.8, 4) is 34.3 Å². The number of benzene rings is 2. The third kappa shape index (κ3) is 6.35. The number of hydrogen-bond donors (Lipinski definition) is 1. The fourth-order valence-electron chi connectivity index (χ4n) is 4.05. The van der Waals surface area contributed by atoms with Crippen molar-refractivity contribution >= 4 is 5.97 Å². The van der Waals surface area contributed by atoms with Crippen LogP contribution in [0.2, 0.25) is 0 Å². The van der Waals surface area contributed by atoms with Crippen LogP contribution in [-0.2, 0) is 4.79 Å². The minimum atomic E-state index is -0.728. The van der Waals surface area contributed by atoms with Gasteiger partial charge in [-0.2, -0.15) is 4.98 Å². The Morgan fingerprint density at radius 2 is 1.60 bits per heavy atom. The first-order valence-corrected chi connectivity index (χ1v) is 12.1.